The lowest BCUT2D eigenvalue weighted by atomic mass is 9.90. The van der Waals surface area contributed by atoms with E-state index in [4.69, 9.17) is 4.74 Å². The zero-order valence-electron chi connectivity index (χ0n) is 16.0. The molecule has 1 heterocycles. The van der Waals surface area contributed by atoms with Gasteiger partial charge in [-0.3, -0.25) is 9.59 Å². The molecule has 1 aliphatic rings. The van der Waals surface area contributed by atoms with Crippen molar-refractivity contribution >= 4 is 11.8 Å². The van der Waals surface area contributed by atoms with Crippen molar-refractivity contribution in [3.63, 3.8) is 0 Å². The van der Waals surface area contributed by atoms with E-state index in [9.17, 15) is 9.59 Å². The molecular formula is C20H30N2O3. The molecule has 25 heavy (non-hydrogen) atoms. The van der Waals surface area contributed by atoms with Crippen LogP contribution in [0.15, 0.2) is 24.3 Å². The summed E-state index contributed by atoms with van der Waals surface area (Å²) in [7, 11) is 1.63. The Kier molecular flexibility index (Phi) is 6.09. The predicted octanol–water partition coefficient (Wildman–Crippen LogP) is 3.16. The fourth-order valence-corrected chi connectivity index (χ4v) is 3.25. The summed E-state index contributed by atoms with van der Waals surface area (Å²) in [6.07, 6.45) is 1.43. The minimum Gasteiger partial charge on any atom is -0.496 e. The summed E-state index contributed by atoms with van der Waals surface area (Å²) >= 11 is 0. The van der Waals surface area contributed by atoms with E-state index in [1.54, 1.807) is 7.11 Å². The van der Waals surface area contributed by atoms with E-state index in [0.717, 1.165) is 11.3 Å². The van der Waals surface area contributed by atoms with Crippen LogP contribution in [0, 0.1) is 11.3 Å². The Bertz CT molecular complexity index is 614. The molecular weight excluding hydrogens is 316 g/mol. The van der Waals surface area contributed by atoms with Gasteiger partial charge in [0.25, 0.3) is 0 Å². The number of likely N-dealkylation sites (tertiary alicyclic amines) is 1. The number of benzene rings is 1. The molecule has 0 saturated carbocycles. The molecule has 138 valence electrons. The van der Waals surface area contributed by atoms with Gasteiger partial charge < -0.3 is 15.0 Å². The van der Waals surface area contributed by atoms with Gasteiger partial charge in [-0.05, 0) is 25.8 Å². The first kappa shape index (κ1) is 19.3. The van der Waals surface area contributed by atoms with E-state index in [0.29, 0.717) is 25.9 Å². The Balaban J connectivity index is 1.91. The standard InChI is InChI=1S/C20H30N2O3/c1-14(16-8-6-7-9-17(16)25-5)21-18(23)15-10-12-22(13-11-15)19(24)20(2,3)4/h6-9,14-15H,10-13H2,1-5H3,(H,21,23)/t14-/m1/s1. The lowest BCUT2D eigenvalue weighted by Gasteiger charge is -2.35. The summed E-state index contributed by atoms with van der Waals surface area (Å²) in [5, 5.41) is 3.09. The molecule has 1 atom stereocenters. The Morgan fingerprint density at radius 1 is 1.20 bits per heavy atom. The fourth-order valence-electron chi connectivity index (χ4n) is 3.25. The van der Waals surface area contributed by atoms with Crippen LogP contribution in [0.5, 0.6) is 5.75 Å². The van der Waals surface area contributed by atoms with Crippen LogP contribution >= 0.6 is 0 Å². The average Bonchev–Trinajstić information content (AvgIpc) is 2.60. The molecule has 1 aromatic carbocycles. The van der Waals surface area contributed by atoms with Gasteiger partial charge in [-0.1, -0.05) is 39.0 Å². The molecule has 0 radical (unpaired) electrons. The lowest BCUT2D eigenvalue weighted by molar-refractivity contribution is -0.142. The Labute approximate surface area is 150 Å². The van der Waals surface area contributed by atoms with Crippen LogP contribution in [-0.2, 0) is 9.59 Å². The van der Waals surface area contributed by atoms with E-state index < -0.39 is 0 Å². The highest BCUT2D eigenvalue weighted by atomic mass is 16.5. The molecule has 1 aliphatic heterocycles. The monoisotopic (exact) mass is 346 g/mol. The van der Waals surface area contributed by atoms with Crippen LogP contribution < -0.4 is 10.1 Å². The first-order chi connectivity index (χ1) is 11.7. The third-order valence-corrected chi connectivity index (χ3v) is 4.76. The molecule has 0 aromatic heterocycles. The highest BCUT2D eigenvalue weighted by molar-refractivity contribution is 5.83. The molecule has 1 N–H and O–H groups in total. The molecule has 5 nitrogen and oxygen atoms in total. The maximum absolute atomic E-state index is 12.6. The summed E-state index contributed by atoms with van der Waals surface area (Å²) in [4.78, 5) is 26.8. The summed E-state index contributed by atoms with van der Waals surface area (Å²) in [6.45, 7) is 9.07. The van der Waals surface area contributed by atoms with E-state index in [2.05, 4.69) is 5.32 Å². The maximum atomic E-state index is 12.6. The van der Waals surface area contributed by atoms with Crippen LogP contribution in [0.3, 0.4) is 0 Å². The molecule has 2 amide bonds. The number of nitrogens with one attached hydrogen (secondary N) is 1. The van der Waals surface area contributed by atoms with Crippen molar-refractivity contribution in [2.75, 3.05) is 20.2 Å². The number of piperidine rings is 1. The largest absolute Gasteiger partial charge is 0.496 e. The lowest BCUT2D eigenvalue weighted by Crippen LogP contribution is -2.46. The third-order valence-electron chi connectivity index (χ3n) is 4.76. The van der Waals surface area contributed by atoms with Crippen LogP contribution in [0.4, 0.5) is 0 Å². The minimum absolute atomic E-state index is 0.0406. The Morgan fingerprint density at radius 2 is 1.80 bits per heavy atom. The number of carbonyl (C=O) groups is 2. The van der Waals surface area contributed by atoms with Gasteiger partial charge in [0.05, 0.1) is 13.2 Å². The number of para-hydroxylation sites is 1. The normalized spacial score (nSPS) is 17.1. The fraction of sp³-hybridized carbons (Fsp3) is 0.600. The number of ether oxygens (including phenoxy) is 1. The molecule has 0 spiro atoms. The van der Waals surface area contributed by atoms with Crippen molar-refractivity contribution in [2.45, 2.75) is 46.6 Å². The van der Waals surface area contributed by atoms with Crippen molar-refractivity contribution in [1.29, 1.82) is 0 Å². The van der Waals surface area contributed by atoms with Gasteiger partial charge in [0.15, 0.2) is 0 Å². The van der Waals surface area contributed by atoms with Crippen LogP contribution in [0.25, 0.3) is 0 Å². The number of hydrogen-bond acceptors (Lipinski definition) is 3. The topological polar surface area (TPSA) is 58.6 Å². The average molecular weight is 346 g/mol. The highest BCUT2D eigenvalue weighted by Gasteiger charge is 2.32. The summed E-state index contributed by atoms with van der Waals surface area (Å²) in [6, 6.07) is 7.61. The number of methoxy groups -OCH3 is 1. The summed E-state index contributed by atoms with van der Waals surface area (Å²) in [5.41, 5.74) is 0.603. The van der Waals surface area contributed by atoms with Gasteiger partial charge in [-0.15, -0.1) is 0 Å². The SMILES string of the molecule is COc1ccccc1[C@@H](C)NC(=O)C1CCN(C(=O)C(C)(C)C)CC1. The van der Waals surface area contributed by atoms with Crippen molar-refractivity contribution in [2.24, 2.45) is 11.3 Å². The van der Waals surface area contributed by atoms with Gasteiger partial charge in [0.2, 0.25) is 11.8 Å². The number of amides is 2. The van der Waals surface area contributed by atoms with Crippen molar-refractivity contribution in [1.82, 2.24) is 10.2 Å². The molecule has 5 heteroatoms. The molecule has 1 aromatic rings. The van der Waals surface area contributed by atoms with E-state index >= 15 is 0 Å². The van der Waals surface area contributed by atoms with Gasteiger partial charge in [-0.25, -0.2) is 0 Å². The second kappa shape index (κ2) is 7.89. The minimum atomic E-state index is -0.368. The Morgan fingerprint density at radius 3 is 2.36 bits per heavy atom. The molecule has 0 bridgehead atoms. The van der Waals surface area contributed by atoms with Crippen molar-refractivity contribution in [3.8, 4) is 5.75 Å². The zero-order valence-corrected chi connectivity index (χ0v) is 16.0. The molecule has 1 fully saturated rings. The van der Waals surface area contributed by atoms with Gasteiger partial charge in [-0.2, -0.15) is 0 Å². The Hall–Kier alpha value is -2.04. The summed E-state index contributed by atoms with van der Waals surface area (Å²) in [5.74, 6) is 0.956. The molecule has 1 saturated heterocycles. The van der Waals surface area contributed by atoms with Crippen molar-refractivity contribution in [3.05, 3.63) is 29.8 Å². The number of hydrogen-bond donors (Lipinski definition) is 1. The zero-order chi connectivity index (χ0) is 18.6. The van der Waals surface area contributed by atoms with Crippen LogP contribution in [0.1, 0.15) is 52.1 Å². The summed E-state index contributed by atoms with van der Waals surface area (Å²) < 4.78 is 5.37. The first-order valence-corrected chi connectivity index (χ1v) is 8.96. The number of carbonyl (C=O) groups excluding carboxylic acids is 2. The molecule has 0 aliphatic carbocycles. The van der Waals surface area contributed by atoms with Crippen LogP contribution in [0.2, 0.25) is 0 Å². The smallest absolute Gasteiger partial charge is 0.227 e. The van der Waals surface area contributed by atoms with Gasteiger partial charge in [0.1, 0.15) is 5.75 Å². The van der Waals surface area contributed by atoms with E-state index in [-0.39, 0.29) is 29.2 Å². The number of nitrogens with zero attached hydrogens (tertiary/aromatic N) is 1. The highest BCUT2D eigenvalue weighted by Crippen LogP contribution is 2.27. The van der Waals surface area contributed by atoms with Crippen molar-refractivity contribution < 1.29 is 14.3 Å². The number of rotatable bonds is 4. The van der Waals surface area contributed by atoms with E-state index in [1.165, 1.54) is 0 Å². The third kappa shape index (κ3) is 4.74. The quantitative estimate of drug-likeness (QED) is 0.911. The molecule has 2 rings (SSSR count). The van der Waals surface area contributed by atoms with Gasteiger partial charge >= 0.3 is 0 Å². The predicted molar refractivity (Wildman–Crippen MR) is 98.3 cm³/mol. The second-order valence-corrected chi connectivity index (χ2v) is 7.79. The van der Waals surface area contributed by atoms with Crippen LogP contribution in [-0.4, -0.2) is 36.9 Å². The van der Waals surface area contributed by atoms with Gasteiger partial charge in [0, 0.05) is 30.0 Å². The maximum Gasteiger partial charge on any atom is 0.227 e. The second-order valence-electron chi connectivity index (χ2n) is 7.79. The van der Waals surface area contributed by atoms with E-state index in [1.807, 2.05) is 56.9 Å². The first-order valence-electron chi connectivity index (χ1n) is 8.96. The molecule has 0 unspecified atom stereocenters.